The quantitative estimate of drug-likeness (QED) is 0.129. The number of hydrogen-bond donors (Lipinski definition) is 0. The molecule has 4 atom stereocenters. The number of hydrogen-bond acceptors (Lipinski definition) is 11. The zero-order valence-corrected chi connectivity index (χ0v) is 29.7. The van der Waals surface area contributed by atoms with Gasteiger partial charge in [-0.25, -0.2) is 9.59 Å². The maximum absolute atomic E-state index is 11.4. The highest BCUT2D eigenvalue weighted by Gasteiger charge is 2.59. The second kappa shape index (κ2) is 17.6. The number of nitrogens with zero attached hydrogens (tertiary/aromatic N) is 2. The molecule has 11 nitrogen and oxygen atoms in total. The van der Waals surface area contributed by atoms with Crippen LogP contribution in [0.4, 0.5) is 15.3 Å². The van der Waals surface area contributed by atoms with E-state index in [1.807, 2.05) is 44.1 Å². The Morgan fingerprint density at radius 1 is 0.891 bits per heavy atom. The molecule has 0 spiro atoms. The van der Waals surface area contributed by atoms with Crippen LogP contribution in [0.25, 0.3) is 0 Å². The first-order chi connectivity index (χ1) is 21.0. The van der Waals surface area contributed by atoms with E-state index in [1.165, 1.54) is 19.7 Å². The summed E-state index contributed by atoms with van der Waals surface area (Å²) in [6.07, 6.45) is 7.03. The van der Waals surface area contributed by atoms with Crippen LogP contribution in [-0.4, -0.2) is 67.2 Å². The number of Topliss-reactive ketones (excluding diaryl/α,β-unsaturated/α-hetero) is 2. The second-order valence-corrected chi connectivity index (χ2v) is 13.7. The van der Waals surface area contributed by atoms with Crippen LogP contribution in [0.15, 0.2) is 49.8 Å². The summed E-state index contributed by atoms with van der Waals surface area (Å²) in [4.78, 5) is 61.1. The van der Waals surface area contributed by atoms with Crippen LogP contribution < -0.4 is 4.90 Å². The number of carbonyl (C=O) groups is 5. The normalized spacial score (nSPS) is 22.2. The van der Waals surface area contributed by atoms with Gasteiger partial charge in [-0.2, -0.15) is 0 Å². The molecule has 2 saturated carbocycles. The molecule has 2 aliphatic rings. The van der Waals surface area contributed by atoms with E-state index in [9.17, 15) is 24.0 Å². The van der Waals surface area contributed by atoms with E-state index in [4.69, 9.17) is 9.47 Å². The Kier molecular flexibility index (Phi) is 16.1. The monoisotopic (exact) mass is 646 g/mol. The molecule has 11 heteroatoms. The molecule has 0 N–H and O–H groups in total. The van der Waals surface area contributed by atoms with E-state index in [-0.39, 0.29) is 29.5 Å². The number of pyridine rings is 1. The molecule has 1 aromatic rings. The number of rotatable bonds is 7. The van der Waals surface area contributed by atoms with Gasteiger partial charge in [0, 0.05) is 44.0 Å². The molecule has 46 heavy (non-hydrogen) atoms. The van der Waals surface area contributed by atoms with E-state index in [0.29, 0.717) is 18.1 Å². The van der Waals surface area contributed by atoms with Gasteiger partial charge in [-0.15, -0.1) is 13.2 Å². The van der Waals surface area contributed by atoms with Crippen molar-refractivity contribution in [2.45, 2.75) is 92.8 Å². The van der Waals surface area contributed by atoms with Crippen molar-refractivity contribution in [3.63, 3.8) is 0 Å². The maximum Gasteiger partial charge on any atom is 0.519 e. The number of allylic oxidation sites excluding steroid dienone is 2. The number of carbonyl (C=O) groups excluding carboxylic acids is 5. The number of methoxy groups -OCH3 is 1. The third-order valence-corrected chi connectivity index (χ3v) is 7.09. The second-order valence-electron chi connectivity index (χ2n) is 13.7. The Hall–Kier alpha value is -4.02. The molecular formula is C35H54N2O9. The largest absolute Gasteiger partial charge is 0.519 e. The van der Waals surface area contributed by atoms with Gasteiger partial charge in [0.1, 0.15) is 22.8 Å². The molecule has 0 bridgehead atoms. The summed E-state index contributed by atoms with van der Waals surface area (Å²) >= 11 is 0. The van der Waals surface area contributed by atoms with Crippen molar-refractivity contribution in [3.8, 4) is 0 Å². The summed E-state index contributed by atoms with van der Waals surface area (Å²) in [5.74, 6) is 0.605. The van der Waals surface area contributed by atoms with Crippen molar-refractivity contribution in [2.75, 3.05) is 26.1 Å². The Balaban J connectivity index is 0.000000599. The lowest BCUT2D eigenvalue weighted by atomic mass is 9.97. The van der Waals surface area contributed by atoms with Crippen LogP contribution in [0.5, 0.6) is 0 Å². The minimum atomic E-state index is -1.06. The molecule has 258 valence electrons. The molecule has 0 radical (unpaired) electrons. The van der Waals surface area contributed by atoms with Gasteiger partial charge >= 0.3 is 18.3 Å². The van der Waals surface area contributed by atoms with Crippen LogP contribution >= 0.6 is 0 Å². The summed E-state index contributed by atoms with van der Waals surface area (Å²) in [6.45, 7) is 22.4. The van der Waals surface area contributed by atoms with E-state index >= 15 is 0 Å². The summed E-state index contributed by atoms with van der Waals surface area (Å²) in [5, 5.41) is 0. The van der Waals surface area contributed by atoms with Gasteiger partial charge in [-0.3, -0.25) is 19.4 Å². The zero-order valence-electron chi connectivity index (χ0n) is 29.7. The Morgan fingerprint density at radius 3 is 1.59 bits per heavy atom. The Morgan fingerprint density at radius 2 is 1.35 bits per heavy atom. The van der Waals surface area contributed by atoms with Gasteiger partial charge in [-0.1, -0.05) is 19.1 Å². The number of anilines is 1. The van der Waals surface area contributed by atoms with Crippen molar-refractivity contribution in [2.24, 2.45) is 22.7 Å². The molecule has 0 saturated heterocycles. The van der Waals surface area contributed by atoms with Gasteiger partial charge in [-0.05, 0) is 92.2 Å². The van der Waals surface area contributed by atoms with E-state index < -0.39 is 28.9 Å². The third-order valence-electron chi connectivity index (χ3n) is 7.09. The third kappa shape index (κ3) is 15.3. The molecule has 2 fully saturated rings. The van der Waals surface area contributed by atoms with Crippen molar-refractivity contribution in [1.82, 2.24) is 4.98 Å². The van der Waals surface area contributed by atoms with Crippen LogP contribution in [-0.2, 0) is 33.3 Å². The molecule has 3 rings (SSSR count). The summed E-state index contributed by atoms with van der Waals surface area (Å²) in [7, 11) is 5.37. The fourth-order valence-electron chi connectivity index (χ4n) is 4.20. The Bertz CT molecular complexity index is 1190. The minimum absolute atomic E-state index is 0.0229. The van der Waals surface area contributed by atoms with E-state index in [1.54, 1.807) is 66.9 Å². The summed E-state index contributed by atoms with van der Waals surface area (Å²) in [6, 6.07) is 3.94. The highest BCUT2D eigenvalue weighted by atomic mass is 16.8. The van der Waals surface area contributed by atoms with Crippen molar-refractivity contribution in [1.29, 1.82) is 0 Å². The van der Waals surface area contributed by atoms with Crippen molar-refractivity contribution >= 4 is 35.5 Å². The van der Waals surface area contributed by atoms with Gasteiger partial charge in [0.15, 0.2) is 0 Å². The fourth-order valence-corrected chi connectivity index (χ4v) is 4.20. The molecule has 0 amide bonds. The molecule has 1 aromatic heterocycles. The van der Waals surface area contributed by atoms with Crippen LogP contribution in [0.1, 0.15) is 81.6 Å². The fraction of sp³-hybridized carbons (Fsp3) is 0.600. The van der Waals surface area contributed by atoms with Crippen LogP contribution in [0.2, 0.25) is 0 Å². The SMILES string of the molecule is C=C[C@H]1C[C@@]1(C)C(C)=O.C=C[C@H]1C[C@@]1(CC(C)=O)C(=O)OC.CC(C)(C)OC(=O)OC(=O)OC(C)(C)C.CN(C)c1ccncc1. The predicted octanol–water partition coefficient (Wildman–Crippen LogP) is 7.14. The number of esters is 1. The van der Waals surface area contributed by atoms with Crippen LogP contribution in [0.3, 0.4) is 0 Å². The first kappa shape index (κ1) is 42.0. The number of ketones is 2. The molecule has 2 aliphatic carbocycles. The Labute approximate surface area is 274 Å². The highest BCUT2D eigenvalue weighted by molar-refractivity contribution is 5.89. The van der Waals surface area contributed by atoms with E-state index in [2.05, 4.69) is 27.6 Å². The highest BCUT2D eigenvalue weighted by Crippen LogP contribution is 2.56. The first-order valence-corrected chi connectivity index (χ1v) is 15.0. The van der Waals surface area contributed by atoms with Crippen molar-refractivity contribution < 1.29 is 42.9 Å². The number of ether oxygens (including phenoxy) is 4. The molecule has 0 aromatic carbocycles. The molecule has 1 heterocycles. The molecular weight excluding hydrogens is 592 g/mol. The lowest BCUT2D eigenvalue weighted by Gasteiger charge is -2.20. The van der Waals surface area contributed by atoms with Gasteiger partial charge < -0.3 is 23.8 Å². The summed E-state index contributed by atoms with van der Waals surface area (Å²) in [5.41, 5.74) is -0.826. The maximum atomic E-state index is 11.4. The van der Waals surface area contributed by atoms with Crippen LogP contribution in [0, 0.1) is 22.7 Å². The molecule has 0 unspecified atom stereocenters. The van der Waals surface area contributed by atoms with Gasteiger partial charge in [0.05, 0.1) is 12.5 Å². The van der Waals surface area contributed by atoms with Crippen molar-refractivity contribution in [3.05, 3.63) is 49.8 Å². The number of aromatic nitrogens is 1. The average Bonchev–Trinajstić information content (AvgIpc) is 3.81. The lowest BCUT2D eigenvalue weighted by Crippen LogP contribution is -2.29. The average molecular weight is 647 g/mol. The first-order valence-electron chi connectivity index (χ1n) is 15.0. The zero-order chi connectivity index (χ0) is 36.1. The standard InChI is InChI=1S/C10H18O5.C10H14O3.C8H12O.C7H10N2/c1-9(2,3)14-7(11)13-8(12)15-10(4,5)6;1-4-8-6-10(8,5-7(2)11)9(12)13-3;1-4-7-5-8(7,3)6(2)9;1-9(2)7-3-5-8-6-4-7/h1-6H3;4,8H,1,5-6H2,2-3H3;4,7H,1,5H2,2-3H3;3-6H,1-2H3/t;8-,10+;7-,8-;/m.00./s1. The topological polar surface area (TPSA) is 138 Å². The van der Waals surface area contributed by atoms with E-state index in [0.717, 1.165) is 6.42 Å². The predicted molar refractivity (Wildman–Crippen MR) is 177 cm³/mol. The smallest absolute Gasteiger partial charge is 0.469 e. The lowest BCUT2D eigenvalue weighted by molar-refractivity contribution is -0.149. The van der Waals surface area contributed by atoms with Gasteiger partial charge in [0.25, 0.3) is 0 Å². The minimum Gasteiger partial charge on any atom is -0.469 e. The molecule has 0 aliphatic heterocycles. The van der Waals surface area contributed by atoms with Gasteiger partial charge in [0.2, 0.25) is 0 Å². The summed E-state index contributed by atoms with van der Waals surface area (Å²) < 4.78 is 18.5.